The van der Waals surface area contributed by atoms with E-state index in [4.69, 9.17) is 23.2 Å². The zero-order chi connectivity index (χ0) is 29.6. The molecule has 1 heterocycles. The van der Waals surface area contributed by atoms with E-state index in [9.17, 15) is 9.59 Å². The van der Waals surface area contributed by atoms with Gasteiger partial charge < -0.3 is 15.5 Å². The number of aromatic nitrogens is 4. The highest BCUT2D eigenvalue weighted by molar-refractivity contribution is 7.99. The van der Waals surface area contributed by atoms with Crippen LogP contribution >= 0.6 is 35.0 Å². The van der Waals surface area contributed by atoms with Crippen molar-refractivity contribution in [2.24, 2.45) is 5.41 Å². The van der Waals surface area contributed by atoms with E-state index in [2.05, 4.69) is 42.9 Å². The minimum Gasteiger partial charge on any atom is -0.355 e. The van der Waals surface area contributed by atoms with Crippen LogP contribution < -0.4 is 10.6 Å². The summed E-state index contributed by atoms with van der Waals surface area (Å²) in [7, 11) is 3.99. The molecule has 9 nitrogen and oxygen atoms in total. The van der Waals surface area contributed by atoms with Crippen LogP contribution in [0.1, 0.15) is 50.2 Å². The van der Waals surface area contributed by atoms with Crippen molar-refractivity contribution in [1.82, 2.24) is 30.4 Å². The number of halogens is 2. The first-order chi connectivity index (χ1) is 19.5. The molecule has 0 unspecified atom stereocenters. The third kappa shape index (κ3) is 8.69. The first kappa shape index (κ1) is 30.8. The highest BCUT2D eigenvalue weighted by Crippen LogP contribution is 2.41. The van der Waals surface area contributed by atoms with Gasteiger partial charge in [-0.2, -0.15) is 4.68 Å². The second kappa shape index (κ2) is 13.7. The average Bonchev–Trinajstić information content (AvgIpc) is 3.68. The number of tetrazole rings is 1. The summed E-state index contributed by atoms with van der Waals surface area (Å²) in [5, 5.41) is 19.0. The van der Waals surface area contributed by atoms with Gasteiger partial charge >= 0.3 is 0 Å². The standard InChI is InChI=1S/C29H33Cl2N7O2S/c1-29(2,27(40)32-14-5-15-37(3)4)13-12-19-6-10-24(22(30)16-19)33-26(39)18-41-28-34-35-36-38(28)25-11-9-21(17-23(25)31)20-7-8-20/h6,9-11,16-17,20H,5,7-8,14-15,18H2,1-4H3,(H,32,40)(H,33,39). The summed E-state index contributed by atoms with van der Waals surface area (Å²) in [5.74, 6) is 6.31. The number of hydrogen-bond donors (Lipinski definition) is 2. The maximum atomic E-state index is 12.7. The lowest BCUT2D eigenvalue weighted by Crippen LogP contribution is -2.37. The van der Waals surface area contributed by atoms with E-state index in [0.29, 0.717) is 44.6 Å². The van der Waals surface area contributed by atoms with Gasteiger partial charge in [-0.15, -0.1) is 5.10 Å². The molecule has 2 N–H and O–H groups in total. The van der Waals surface area contributed by atoms with Crippen molar-refractivity contribution in [3.8, 4) is 17.5 Å². The summed E-state index contributed by atoms with van der Waals surface area (Å²) in [6.07, 6.45) is 3.24. The van der Waals surface area contributed by atoms with Gasteiger partial charge in [-0.05, 0) is 106 Å². The number of thioether (sulfide) groups is 1. The molecule has 216 valence electrons. The minimum absolute atomic E-state index is 0.0634. The summed E-state index contributed by atoms with van der Waals surface area (Å²) >= 11 is 14.1. The van der Waals surface area contributed by atoms with Crippen LogP contribution in [0.3, 0.4) is 0 Å². The Kier molecular flexibility index (Phi) is 10.3. The molecule has 0 radical (unpaired) electrons. The lowest BCUT2D eigenvalue weighted by atomic mass is 9.92. The summed E-state index contributed by atoms with van der Waals surface area (Å²) in [6, 6.07) is 11.0. The van der Waals surface area contributed by atoms with Gasteiger partial charge in [-0.3, -0.25) is 9.59 Å². The van der Waals surface area contributed by atoms with Crippen LogP contribution in [0.4, 0.5) is 5.69 Å². The molecular formula is C29H33Cl2N7O2S. The lowest BCUT2D eigenvalue weighted by molar-refractivity contribution is -0.126. The Labute approximate surface area is 254 Å². The van der Waals surface area contributed by atoms with Crippen molar-refractivity contribution in [3.05, 3.63) is 57.6 Å². The fraction of sp³-hybridized carbons (Fsp3) is 0.414. The van der Waals surface area contributed by atoms with E-state index in [1.165, 1.54) is 34.8 Å². The minimum atomic E-state index is -0.867. The quantitative estimate of drug-likeness (QED) is 0.178. The maximum absolute atomic E-state index is 12.7. The van der Waals surface area contributed by atoms with E-state index < -0.39 is 5.41 Å². The molecule has 3 aromatic rings. The van der Waals surface area contributed by atoms with Gasteiger partial charge in [-0.25, -0.2) is 0 Å². The van der Waals surface area contributed by atoms with Gasteiger partial charge in [0.2, 0.25) is 17.0 Å². The molecule has 0 aliphatic heterocycles. The molecule has 4 rings (SSSR count). The van der Waals surface area contributed by atoms with Gasteiger partial charge in [0, 0.05) is 12.1 Å². The molecule has 12 heteroatoms. The first-order valence-corrected chi connectivity index (χ1v) is 15.0. The molecule has 0 atom stereocenters. The topological polar surface area (TPSA) is 105 Å². The first-order valence-electron chi connectivity index (χ1n) is 13.3. The molecule has 1 aromatic heterocycles. The fourth-order valence-electron chi connectivity index (χ4n) is 3.90. The summed E-state index contributed by atoms with van der Waals surface area (Å²) < 4.78 is 1.53. The maximum Gasteiger partial charge on any atom is 0.237 e. The largest absolute Gasteiger partial charge is 0.355 e. The molecule has 1 fully saturated rings. The van der Waals surface area contributed by atoms with Crippen LogP contribution in [-0.2, 0) is 9.59 Å². The molecule has 1 saturated carbocycles. The van der Waals surface area contributed by atoms with E-state index in [1.807, 2.05) is 32.3 Å². The number of carbonyl (C=O) groups excluding carboxylic acids is 2. The number of anilines is 1. The number of carbonyl (C=O) groups is 2. The second-order valence-corrected chi connectivity index (χ2v) is 12.4. The molecule has 0 saturated heterocycles. The van der Waals surface area contributed by atoms with Crippen LogP contribution in [0.5, 0.6) is 0 Å². The highest BCUT2D eigenvalue weighted by Gasteiger charge is 2.25. The summed E-state index contributed by atoms with van der Waals surface area (Å²) in [5.41, 5.74) is 2.11. The predicted octanol–water partition coefficient (Wildman–Crippen LogP) is 5.02. The number of rotatable bonds is 11. The van der Waals surface area contributed by atoms with Crippen molar-refractivity contribution >= 4 is 52.5 Å². The van der Waals surface area contributed by atoms with Crippen molar-refractivity contribution in [3.63, 3.8) is 0 Å². The number of benzene rings is 2. The van der Waals surface area contributed by atoms with Crippen LogP contribution in [0, 0.1) is 17.3 Å². The van der Waals surface area contributed by atoms with E-state index in [-0.39, 0.29) is 17.6 Å². The molecular weight excluding hydrogens is 581 g/mol. The molecule has 2 amide bonds. The van der Waals surface area contributed by atoms with Crippen molar-refractivity contribution < 1.29 is 9.59 Å². The number of nitrogens with zero attached hydrogens (tertiary/aromatic N) is 5. The Morgan fingerprint density at radius 1 is 1.15 bits per heavy atom. The van der Waals surface area contributed by atoms with Gasteiger partial charge in [0.1, 0.15) is 5.41 Å². The lowest BCUT2D eigenvalue weighted by Gasteiger charge is -2.17. The van der Waals surface area contributed by atoms with E-state index in [1.54, 1.807) is 32.0 Å². The normalized spacial score (nSPS) is 13.0. The van der Waals surface area contributed by atoms with Crippen molar-refractivity contribution in [2.45, 2.75) is 44.2 Å². The van der Waals surface area contributed by atoms with Gasteiger partial charge in [0.25, 0.3) is 0 Å². The molecule has 0 spiro atoms. The molecule has 2 aromatic carbocycles. The van der Waals surface area contributed by atoms with Crippen LogP contribution in [0.2, 0.25) is 10.0 Å². The SMILES string of the molecule is CN(C)CCCNC(=O)C(C)(C)C#Cc1ccc(NC(=O)CSc2nnnn2-c2ccc(C3CC3)cc2Cl)c(Cl)c1. The molecule has 1 aliphatic rings. The fourth-order valence-corrected chi connectivity index (χ4v) is 5.08. The van der Waals surface area contributed by atoms with Crippen molar-refractivity contribution in [1.29, 1.82) is 0 Å². The zero-order valence-corrected chi connectivity index (χ0v) is 25.8. The van der Waals surface area contributed by atoms with Crippen LogP contribution in [0.25, 0.3) is 5.69 Å². The Balaban J connectivity index is 1.32. The Morgan fingerprint density at radius 2 is 1.93 bits per heavy atom. The van der Waals surface area contributed by atoms with Gasteiger partial charge in [-0.1, -0.05) is 52.9 Å². The molecule has 0 bridgehead atoms. The zero-order valence-electron chi connectivity index (χ0n) is 23.5. The Morgan fingerprint density at radius 3 is 2.61 bits per heavy atom. The smallest absolute Gasteiger partial charge is 0.237 e. The third-order valence-electron chi connectivity index (χ3n) is 6.42. The van der Waals surface area contributed by atoms with E-state index >= 15 is 0 Å². The molecule has 41 heavy (non-hydrogen) atoms. The predicted molar refractivity (Wildman–Crippen MR) is 164 cm³/mol. The van der Waals surface area contributed by atoms with Crippen LogP contribution in [0.15, 0.2) is 41.6 Å². The van der Waals surface area contributed by atoms with Crippen molar-refractivity contribution in [2.75, 3.05) is 38.3 Å². The van der Waals surface area contributed by atoms with Gasteiger partial charge in [0.15, 0.2) is 0 Å². The number of amides is 2. The number of nitrogens with one attached hydrogen (secondary N) is 2. The molecule has 1 aliphatic carbocycles. The van der Waals surface area contributed by atoms with Gasteiger partial charge in [0.05, 0.1) is 27.2 Å². The average molecular weight is 615 g/mol. The monoisotopic (exact) mass is 613 g/mol. The second-order valence-electron chi connectivity index (χ2n) is 10.7. The Hall–Kier alpha value is -3.10. The third-order valence-corrected chi connectivity index (χ3v) is 7.95. The number of hydrogen-bond acceptors (Lipinski definition) is 7. The summed E-state index contributed by atoms with van der Waals surface area (Å²) in [4.78, 5) is 27.3. The Bertz CT molecular complexity index is 1480. The van der Waals surface area contributed by atoms with Crippen LogP contribution in [-0.4, -0.2) is 69.9 Å². The van der Waals surface area contributed by atoms with E-state index in [0.717, 1.165) is 13.0 Å². The summed E-state index contributed by atoms with van der Waals surface area (Å²) in [6.45, 7) is 5.05. The highest BCUT2D eigenvalue weighted by atomic mass is 35.5.